The van der Waals surface area contributed by atoms with E-state index in [9.17, 15) is 5.11 Å². The highest BCUT2D eigenvalue weighted by molar-refractivity contribution is 4.78. The Labute approximate surface area is 93.1 Å². The maximum Gasteiger partial charge on any atom is 0.0664 e. The van der Waals surface area contributed by atoms with Gasteiger partial charge < -0.3 is 15.1 Å². The molecular formula is C12H25NO2. The standard InChI is InChI=1S/C12H25NO2/c1-3-12(15)8-13(2)11-6-4-10(9-14)5-7-11/h10-12,14-15H,3-9H2,1-2H3/t10?,11?,12-/m1/s1. The second-order valence-electron chi connectivity index (χ2n) is 4.86. The van der Waals surface area contributed by atoms with E-state index in [1.807, 2.05) is 6.92 Å². The minimum atomic E-state index is -0.189. The van der Waals surface area contributed by atoms with E-state index in [0.717, 1.165) is 38.6 Å². The molecule has 0 aliphatic heterocycles. The average molecular weight is 215 g/mol. The van der Waals surface area contributed by atoms with E-state index >= 15 is 0 Å². The Morgan fingerprint density at radius 2 is 1.87 bits per heavy atom. The fraction of sp³-hybridized carbons (Fsp3) is 1.00. The van der Waals surface area contributed by atoms with Crippen LogP contribution in [-0.2, 0) is 0 Å². The molecule has 0 spiro atoms. The van der Waals surface area contributed by atoms with Gasteiger partial charge in [-0.2, -0.15) is 0 Å². The Morgan fingerprint density at radius 1 is 1.27 bits per heavy atom. The third-order valence-corrected chi connectivity index (χ3v) is 3.67. The van der Waals surface area contributed by atoms with Gasteiger partial charge in [-0.15, -0.1) is 0 Å². The van der Waals surface area contributed by atoms with Gasteiger partial charge in [0.25, 0.3) is 0 Å². The zero-order valence-corrected chi connectivity index (χ0v) is 10.0. The van der Waals surface area contributed by atoms with Crippen molar-refractivity contribution in [3.8, 4) is 0 Å². The predicted molar refractivity (Wildman–Crippen MR) is 61.8 cm³/mol. The maximum absolute atomic E-state index is 9.58. The van der Waals surface area contributed by atoms with Gasteiger partial charge in [0.1, 0.15) is 0 Å². The molecule has 0 unspecified atom stereocenters. The third-order valence-electron chi connectivity index (χ3n) is 3.67. The molecule has 0 radical (unpaired) electrons. The number of likely N-dealkylation sites (N-methyl/N-ethyl adjacent to an activating group) is 1. The van der Waals surface area contributed by atoms with E-state index in [1.54, 1.807) is 0 Å². The fourth-order valence-corrected chi connectivity index (χ4v) is 2.38. The molecule has 3 nitrogen and oxygen atoms in total. The normalized spacial score (nSPS) is 29.4. The highest BCUT2D eigenvalue weighted by Gasteiger charge is 2.24. The predicted octanol–water partition coefficient (Wildman–Crippen LogP) is 1.24. The van der Waals surface area contributed by atoms with Gasteiger partial charge in [0.2, 0.25) is 0 Å². The summed E-state index contributed by atoms with van der Waals surface area (Å²) in [5.41, 5.74) is 0. The first-order chi connectivity index (χ1) is 7.17. The first-order valence-corrected chi connectivity index (χ1v) is 6.16. The summed E-state index contributed by atoms with van der Waals surface area (Å²) in [4.78, 5) is 2.28. The Hall–Kier alpha value is -0.120. The molecular weight excluding hydrogens is 190 g/mol. The van der Waals surface area contributed by atoms with Crippen molar-refractivity contribution in [3.63, 3.8) is 0 Å². The summed E-state index contributed by atoms with van der Waals surface area (Å²) in [6, 6.07) is 0.606. The van der Waals surface area contributed by atoms with Crippen molar-refractivity contribution in [3.05, 3.63) is 0 Å². The van der Waals surface area contributed by atoms with E-state index in [1.165, 1.54) is 0 Å². The highest BCUT2D eigenvalue weighted by atomic mass is 16.3. The molecule has 0 bridgehead atoms. The summed E-state index contributed by atoms with van der Waals surface area (Å²) in [7, 11) is 2.10. The Balaban J connectivity index is 2.26. The molecule has 1 fully saturated rings. The minimum absolute atomic E-state index is 0.189. The van der Waals surface area contributed by atoms with Crippen LogP contribution in [0.1, 0.15) is 39.0 Å². The first-order valence-electron chi connectivity index (χ1n) is 6.16. The lowest BCUT2D eigenvalue weighted by Gasteiger charge is -2.35. The third kappa shape index (κ3) is 4.09. The van der Waals surface area contributed by atoms with Crippen LogP contribution in [0.15, 0.2) is 0 Å². The number of nitrogens with zero attached hydrogens (tertiary/aromatic N) is 1. The average Bonchev–Trinajstić information content (AvgIpc) is 2.29. The van der Waals surface area contributed by atoms with Crippen LogP contribution in [0.4, 0.5) is 0 Å². The second-order valence-corrected chi connectivity index (χ2v) is 4.86. The molecule has 1 aliphatic rings. The number of aliphatic hydroxyl groups excluding tert-OH is 2. The topological polar surface area (TPSA) is 43.7 Å². The van der Waals surface area contributed by atoms with Crippen LogP contribution in [0.5, 0.6) is 0 Å². The van der Waals surface area contributed by atoms with E-state index in [4.69, 9.17) is 5.11 Å². The Bertz CT molecular complexity index is 167. The molecule has 0 aromatic heterocycles. The van der Waals surface area contributed by atoms with Gasteiger partial charge in [0.15, 0.2) is 0 Å². The van der Waals surface area contributed by atoms with Crippen molar-refractivity contribution in [2.45, 2.75) is 51.2 Å². The molecule has 15 heavy (non-hydrogen) atoms. The van der Waals surface area contributed by atoms with Gasteiger partial charge in [-0.1, -0.05) is 6.92 Å². The summed E-state index contributed by atoms with van der Waals surface area (Å²) < 4.78 is 0. The van der Waals surface area contributed by atoms with Crippen LogP contribution < -0.4 is 0 Å². The van der Waals surface area contributed by atoms with Gasteiger partial charge >= 0.3 is 0 Å². The molecule has 0 amide bonds. The molecule has 1 atom stereocenters. The summed E-state index contributed by atoms with van der Waals surface area (Å²) in [6.45, 7) is 3.14. The molecule has 0 saturated heterocycles. The quantitative estimate of drug-likeness (QED) is 0.725. The van der Waals surface area contributed by atoms with Crippen LogP contribution >= 0.6 is 0 Å². The van der Waals surface area contributed by atoms with Crippen molar-refractivity contribution in [1.29, 1.82) is 0 Å². The molecule has 0 heterocycles. The Morgan fingerprint density at radius 3 is 2.33 bits per heavy atom. The number of hydrogen-bond acceptors (Lipinski definition) is 3. The van der Waals surface area contributed by atoms with Gasteiger partial charge in [-0.25, -0.2) is 0 Å². The lowest BCUT2D eigenvalue weighted by molar-refractivity contribution is 0.0744. The second kappa shape index (κ2) is 6.46. The largest absolute Gasteiger partial charge is 0.396 e. The smallest absolute Gasteiger partial charge is 0.0664 e. The lowest BCUT2D eigenvalue weighted by atomic mass is 9.86. The molecule has 3 heteroatoms. The van der Waals surface area contributed by atoms with E-state index in [2.05, 4.69) is 11.9 Å². The van der Waals surface area contributed by atoms with Crippen molar-refractivity contribution in [1.82, 2.24) is 4.90 Å². The van der Waals surface area contributed by atoms with Crippen molar-refractivity contribution >= 4 is 0 Å². The molecule has 2 N–H and O–H groups in total. The zero-order chi connectivity index (χ0) is 11.3. The van der Waals surface area contributed by atoms with Crippen LogP contribution in [0, 0.1) is 5.92 Å². The van der Waals surface area contributed by atoms with Gasteiger partial charge in [-0.3, -0.25) is 0 Å². The minimum Gasteiger partial charge on any atom is -0.396 e. The summed E-state index contributed by atoms with van der Waals surface area (Å²) >= 11 is 0. The molecule has 90 valence electrons. The van der Waals surface area contributed by atoms with Crippen LogP contribution in [0.2, 0.25) is 0 Å². The molecule has 1 aliphatic carbocycles. The van der Waals surface area contributed by atoms with E-state index in [-0.39, 0.29) is 6.10 Å². The fourth-order valence-electron chi connectivity index (χ4n) is 2.38. The van der Waals surface area contributed by atoms with Crippen LogP contribution in [0.3, 0.4) is 0 Å². The van der Waals surface area contributed by atoms with E-state index < -0.39 is 0 Å². The summed E-state index contributed by atoms with van der Waals surface area (Å²) in [5.74, 6) is 0.519. The molecule has 0 aromatic rings. The molecule has 0 aromatic carbocycles. The SMILES string of the molecule is CC[C@@H](O)CN(C)C1CCC(CO)CC1. The van der Waals surface area contributed by atoms with Crippen molar-refractivity contribution in [2.75, 3.05) is 20.2 Å². The zero-order valence-electron chi connectivity index (χ0n) is 10.0. The molecule has 1 rings (SSSR count). The van der Waals surface area contributed by atoms with Crippen LogP contribution in [0.25, 0.3) is 0 Å². The van der Waals surface area contributed by atoms with E-state index in [0.29, 0.717) is 18.6 Å². The lowest BCUT2D eigenvalue weighted by Crippen LogP contribution is -2.39. The van der Waals surface area contributed by atoms with Crippen molar-refractivity contribution in [2.24, 2.45) is 5.92 Å². The number of hydrogen-bond donors (Lipinski definition) is 2. The first kappa shape index (κ1) is 12.9. The maximum atomic E-state index is 9.58. The van der Waals surface area contributed by atoms with Gasteiger partial charge in [-0.05, 0) is 45.1 Å². The van der Waals surface area contributed by atoms with Crippen molar-refractivity contribution < 1.29 is 10.2 Å². The number of aliphatic hydroxyl groups is 2. The summed E-state index contributed by atoms with van der Waals surface area (Å²) in [6.07, 6.45) is 5.24. The number of rotatable bonds is 5. The Kier molecular flexibility index (Phi) is 5.58. The monoisotopic (exact) mass is 215 g/mol. The highest BCUT2D eigenvalue weighted by Crippen LogP contribution is 2.26. The van der Waals surface area contributed by atoms with Gasteiger partial charge in [0, 0.05) is 19.2 Å². The molecule has 1 saturated carbocycles. The van der Waals surface area contributed by atoms with Crippen LogP contribution in [-0.4, -0.2) is 47.5 Å². The summed E-state index contributed by atoms with van der Waals surface area (Å²) in [5, 5.41) is 18.6. The van der Waals surface area contributed by atoms with Gasteiger partial charge in [0.05, 0.1) is 6.10 Å².